The van der Waals surface area contributed by atoms with Gasteiger partial charge in [0, 0.05) is 6.42 Å². The lowest BCUT2D eigenvalue weighted by molar-refractivity contribution is -0.147. The molecule has 12 nitrogen and oxygen atoms in total. The highest BCUT2D eigenvalue weighted by atomic mass is 16.4. The molecule has 0 fully saturated rings. The van der Waals surface area contributed by atoms with E-state index in [-0.39, 0.29) is 12.2 Å². The first-order chi connectivity index (χ1) is 14.0. The summed E-state index contributed by atoms with van der Waals surface area (Å²) in [5, 5.41) is 34.0. The van der Waals surface area contributed by atoms with Crippen molar-refractivity contribution in [2.75, 3.05) is 6.54 Å². The Hall–Kier alpha value is -3.67. The van der Waals surface area contributed by atoms with Gasteiger partial charge in [-0.25, -0.2) is 4.79 Å². The van der Waals surface area contributed by atoms with Gasteiger partial charge in [0.2, 0.25) is 17.7 Å². The summed E-state index contributed by atoms with van der Waals surface area (Å²) in [7, 11) is 0. The molecule has 1 aromatic carbocycles. The van der Waals surface area contributed by atoms with E-state index in [1.807, 2.05) is 0 Å². The number of hydrogen-bond acceptors (Lipinski definition) is 7. The lowest BCUT2D eigenvalue weighted by Crippen LogP contribution is -2.54. The Morgan fingerprint density at radius 1 is 0.967 bits per heavy atom. The van der Waals surface area contributed by atoms with Crippen LogP contribution in [0.2, 0.25) is 0 Å². The van der Waals surface area contributed by atoms with Crippen LogP contribution in [0.3, 0.4) is 0 Å². The Morgan fingerprint density at radius 2 is 1.57 bits per heavy atom. The molecule has 8 N–H and O–H groups in total. The number of aromatic hydroxyl groups is 1. The van der Waals surface area contributed by atoms with Crippen molar-refractivity contribution in [3.05, 3.63) is 29.8 Å². The van der Waals surface area contributed by atoms with Gasteiger partial charge in [0.1, 0.15) is 17.8 Å². The van der Waals surface area contributed by atoms with Gasteiger partial charge in [0.05, 0.1) is 19.0 Å². The first-order valence-electron chi connectivity index (χ1n) is 8.85. The molecule has 1 rings (SSSR count). The second-order valence-electron chi connectivity index (χ2n) is 6.49. The highest BCUT2D eigenvalue weighted by molar-refractivity contribution is 5.93. The molecule has 12 heteroatoms. The van der Waals surface area contributed by atoms with E-state index < -0.39 is 60.8 Å². The van der Waals surface area contributed by atoms with Crippen LogP contribution in [0.25, 0.3) is 0 Å². The maximum absolute atomic E-state index is 12.6. The predicted octanol–water partition coefficient (Wildman–Crippen LogP) is -2.07. The van der Waals surface area contributed by atoms with E-state index in [1.165, 1.54) is 31.2 Å². The predicted molar refractivity (Wildman–Crippen MR) is 102 cm³/mol. The number of hydrogen-bond donors (Lipinski definition) is 7. The fourth-order valence-electron chi connectivity index (χ4n) is 2.30. The highest BCUT2D eigenvalue weighted by Crippen LogP contribution is 2.11. The van der Waals surface area contributed by atoms with Crippen LogP contribution in [-0.4, -0.2) is 69.7 Å². The number of phenols is 1. The summed E-state index contributed by atoms with van der Waals surface area (Å²) in [4.78, 5) is 58.2. The minimum atomic E-state index is -1.70. The number of phenolic OH excluding ortho intramolecular Hbond substituents is 1. The van der Waals surface area contributed by atoms with Crippen molar-refractivity contribution in [1.82, 2.24) is 16.0 Å². The summed E-state index contributed by atoms with van der Waals surface area (Å²) in [5.74, 6) is -5.26. The van der Waals surface area contributed by atoms with Crippen LogP contribution in [0.4, 0.5) is 0 Å². The smallest absolute Gasteiger partial charge is 0.326 e. The molecule has 1 aromatic rings. The van der Waals surface area contributed by atoms with Gasteiger partial charge in [-0.1, -0.05) is 12.1 Å². The molecule has 0 radical (unpaired) electrons. The molecule has 0 bridgehead atoms. The van der Waals surface area contributed by atoms with Gasteiger partial charge in [0.15, 0.2) is 0 Å². The van der Waals surface area contributed by atoms with Crippen LogP contribution in [0.1, 0.15) is 18.9 Å². The molecular weight excluding hydrogens is 400 g/mol. The van der Waals surface area contributed by atoms with Gasteiger partial charge in [-0.3, -0.25) is 19.2 Å². The van der Waals surface area contributed by atoms with Gasteiger partial charge in [-0.2, -0.15) is 0 Å². The first-order valence-corrected chi connectivity index (χ1v) is 8.85. The number of benzene rings is 1. The van der Waals surface area contributed by atoms with E-state index in [1.54, 1.807) is 0 Å². The molecule has 3 amide bonds. The Kier molecular flexibility index (Phi) is 9.23. The van der Waals surface area contributed by atoms with Gasteiger partial charge in [0.25, 0.3) is 0 Å². The number of carboxylic acids is 2. The minimum absolute atomic E-state index is 0.0187. The zero-order valence-corrected chi connectivity index (χ0v) is 16.1. The van der Waals surface area contributed by atoms with E-state index in [9.17, 15) is 29.1 Å². The Bertz CT molecular complexity index is 794. The maximum atomic E-state index is 12.6. The molecule has 0 saturated carbocycles. The first kappa shape index (κ1) is 24.4. The molecule has 3 atom stereocenters. The van der Waals surface area contributed by atoms with Gasteiger partial charge >= 0.3 is 11.9 Å². The third-order valence-corrected chi connectivity index (χ3v) is 3.86. The summed E-state index contributed by atoms with van der Waals surface area (Å²) < 4.78 is 0. The van der Waals surface area contributed by atoms with Crippen molar-refractivity contribution >= 4 is 29.7 Å². The molecular formula is C18H24N4O8. The van der Waals surface area contributed by atoms with Crippen molar-refractivity contribution in [1.29, 1.82) is 0 Å². The van der Waals surface area contributed by atoms with E-state index in [0.29, 0.717) is 5.56 Å². The van der Waals surface area contributed by atoms with Gasteiger partial charge in [-0.15, -0.1) is 0 Å². The number of amides is 3. The Labute approximate surface area is 171 Å². The summed E-state index contributed by atoms with van der Waals surface area (Å²) in [6.45, 7) is 0.944. The molecule has 0 heterocycles. The van der Waals surface area contributed by atoms with Crippen LogP contribution in [0.5, 0.6) is 5.75 Å². The van der Waals surface area contributed by atoms with E-state index in [2.05, 4.69) is 16.0 Å². The largest absolute Gasteiger partial charge is 0.508 e. The number of nitrogens with two attached hydrogens (primary N) is 1. The van der Waals surface area contributed by atoms with Crippen LogP contribution in [0, 0.1) is 0 Å². The monoisotopic (exact) mass is 424 g/mol. The van der Waals surface area contributed by atoms with Gasteiger partial charge in [-0.05, 0) is 24.6 Å². The van der Waals surface area contributed by atoms with Crippen molar-refractivity contribution in [2.24, 2.45) is 5.73 Å². The molecule has 0 spiro atoms. The number of carbonyl (C=O) groups is 5. The van der Waals surface area contributed by atoms with Crippen molar-refractivity contribution in [3.8, 4) is 5.75 Å². The SMILES string of the molecule is CC(N)C(=O)NCC(=O)NC(Cc1ccc(O)cc1)C(=O)NC(CC(=O)O)C(=O)O. The maximum Gasteiger partial charge on any atom is 0.326 e. The topological polar surface area (TPSA) is 208 Å². The Balaban J connectivity index is 2.92. The quantitative estimate of drug-likeness (QED) is 0.208. The standard InChI is InChI=1S/C18H24N4O8/c1-9(19)16(27)20-8-14(24)21-12(6-10-2-4-11(23)5-3-10)17(28)22-13(18(29)30)7-15(25)26/h2-5,9,12-13,23H,6-8,19H2,1H3,(H,20,27)(H,21,24)(H,22,28)(H,25,26)(H,29,30). The third-order valence-electron chi connectivity index (χ3n) is 3.86. The van der Waals surface area contributed by atoms with Crippen LogP contribution >= 0.6 is 0 Å². The summed E-state index contributed by atoms with van der Waals surface area (Å²) in [6, 6.07) is 1.88. The van der Waals surface area contributed by atoms with E-state index in [0.717, 1.165) is 0 Å². The average Bonchev–Trinajstić information content (AvgIpc) is 2.66. The lowest BCUT2D eigenvalue weighted by Gasteiger charge is -2.21. The number of carbonyl (C=O) groups excluding carboxylic acids is 3. The zero-order chi connectivity index (χ0) is 22.8. The van der Waals surface area contributed by atoms with Crippen LogP contribution in [-0.2, 0) is 30.4 Å². The Morgan fingerprint density at radius 3 is 2.07 bits per heavy atom. The van der Waals surface area contributed by atoms with Gasteiger partial charge < -0.3 is 37.0 Å². The lowest BCUT2D eigenvalue weighted by atomic mass is 10.0. The minimum Gasteiger partial charge on any atom is -0.508 e. The third kappa shape index (κ3) is 8.56. The summed E-state index contributed by atoms with van der Waals surface area (Å²) in [5.41, 5.74) is 5.90. The summed E-state index contributed by atoms with van der Waals surface area (Å²) in [6.07, 6.45) is -0.941. The molecule has 0 aliphatic rings. The molecule has 0 saturated heterocycles. The second kappa shape index (κ2) is 11.4. The molecule has 30 heavy (non-hydrogen) atoms. The van der Waals surface area contributed by atoms with Crippen LogP contribution < -0.4 is 21.7 Å². The van der Waals surface area contributed by atoms with Crippen molar-refractivity contribution in [3.63, 3.8) is 0 Å². The van der Waals surface area contributed by atoms with Crippen molar-refractivity contribution < 1.29 is 39.3 Å². The average molecular weight is 424 g/mol. The molecule has 0 aliphatic carbocycles. The number of carboxylic acid groups (broad SMARTS) is 2. The molecule has 0 aromatic heterocycles. The van der Waals surface area contributed by atoms with E-state index in [4.69, 9.17) is 15.9 Å². The highest BCUT2D eigenvalue weighted by Gasteiger charge is 2.28. The second-order valence-corrected chi connectivity index (χ2v) is 6.49. The number of nitrogens with one attached hydrogen (secondary N) is 3. The normalized spacial score (nSPS) is 13.4. The van der Waals surface area contributed by atoms with E-state index >= 15 is 0 Å². The zero-order valence-electron chi connectivity index (χ0n) is 16.1. The number of rotatable bonds is 11. The molecule has 0 aliphatic heterocycles. The molecule has 3 unspecified atom stereocenters. The summed E-state index contributed by atoms with van der Waals surface area (Å²) >= 11 is 0. The fourth-order valence-corrected chi connectivity index (χ4v) is 2.30. The van der Waals surface area contributed by atoms with Crippen molar-refractivity contribution in [2.45, 2.75) is 37.9 Å². The van der Waals surface area contributed by atoms with Crippen LogP contribution in [0.15, 0.2) is 24.3 Å². The fraction of sp³-hybridized carbons (Fsp3) is 0.389. The number of aliphatic carboxylic acids is 2. The molecule has 164 valence electrons.